The van der Waals surface area contributed by atoms with Gasteiger partial charge >= 0.3 is 202 Å². The van der Waals surface area contributed by atoms with E-state index >= 15 is 0 Å². The summed E-state index contributed by atoms with van der Waals surface area (Å²) >= 11 is 6.80. The summed E-state index contributed by atoms with van der Waals surface area (Å²) in [6, 6.07) is 7.16. The first-order valence-corrected chi connectivity index (χ1v) is 22.5. The maximum Gasteiger partial charge on any atom is 0.380 e. The van der Waals surface area contributed by atoms with Crippen LogP contribution in [0.4, 0.5) is 0 Å². The zero-order valence-electron chi connectivity index (χ0n) is 26.2. The Morgan fingerprint density at radius 1 is 0.537 bits per heavy atom. The summed E-state index contributed by atoms with van der Waals surface area (Å²) in [5.41, 5.74) is 3.35. The van der Waals surface area contributed by atoms with E-state index in [1.807, 2.05) is 0 Å². The topological polar surface area (TPSA) is 115 Å². The molecule has 0 heterocycles. The molecule has 0 aromatic heterocycles. The SMILES string of the molecule is CCCCCCCCCCCCc1cccc(CCCCCCCCCCCC)[c]1[Na].O=P(O)(O)S.O=P(O)(O)S. The molecule has 238 valence electrons. The fourth-order valence-corrected chi connectivity index (χ4v) is 5.72. The van der Waals surface area contributed by atoms with Crippen LogP contribution in [0.15, 0.2) is 18.2 Å². The molecule has 4 N–H and O–H groups in total. The molecule has 0 atom stereocenters. The van der Waals surface area contributed by atoms with Crippen molar-refractivity contribution in [2.24, 2.45) is 0 Å². The average Bonchev–Trinajstić information content (AvgIpc) is 2.86. The minimum Gasteiger partial charge on any atom is -0.317 e. The summed E-state index contributed by atoms with van der Waals surface area (Å²) in [6.07, 6.45) is 31.4. The van der Waals surface area contributed by atoms with Gasteiger partial charge in [0.2, 0.25) is 0 Å². The predicted molar refractivity (Wildman–Crippen MR) is 185 cm³/mol. The molecule has 0 spiro atoms. The Labute approximate surface area is 280 Å². The molecule has 0 saturated heterocycles. The average molecular weight is 665 g/mol. The van der Waals surface area contributed by atoms with Gasteiger partial charge in [-0.05, 0) is 0 Å². The Balaban J connectivity index is 0. The largest absolute Gasteiger partial charge is 0.380 e. The van der Waals surface area contributed by atoms with E-state index < -0.39 is 13.6 Å². The zero-order chi connectivity index (χ0) is 31.4. The minimum atomic E-state index is -3.94. The molecule has 0 amide bonds. The molecule has 1 aromatic rings. The monoisotopic (exact) mass is 664 g/mol. The molecule has 41 heavy (non-hydrogen) atoms. The third-order valence-corrected chi connectivity index (χ3v) is 8.44. The first-order valence-electron chi connectivity index (χ1n) is 15.9. The standard InChI is InChI=1S/C30H53.Na.2H3O3PS/c1-3-5-7-9-11-13-15-17-19-21-24-29-26-23-27-30(28-29)25-22-20-18-16-14-12-10-8-6-4-2;;2*1-4(2,3)5/h23,26-27H,3-22,24-25H2,1-2H3;;2*(H3,1,2,3,5). The van der Waals surface area contributed by atoms with Gasteiger partial charge in [0.25, 0.3) is 0 Å². The van der Waals surface area contributed by atoms with Crippen LogP contribution in [-0.2, 0) is 22.0 Å². The van der Waals surface area contributed by atoms with Gasteiger partial charge in [-0.3, -0.25) is 0 Å². The molecule has 0 radical (unpaired) electrons. The summed E-state index contributed by atoms with van der Waals surface area (Å²) in [5.74, 6) is 0. The quantitative estimate of drug-likeness (QED) is 0.0319. The first kappa shape index (κ1) is 44.3. The second kappa shape index (κ2) is 29.9. The van der Waals surface area contributed by atoms with E-state index in [9.17, 15) is 9.13 Å². The van der Waals surface area contributed by atoms with Gasteiger partial charge in [0.1, 0.15) is 0 Å². The van der Waals surface area contributed by atoms with Crippen LogP contribution in [0.3, 0.4) is 0 Å². The van der Waals surface area contributed by atoms with Crippen molar-refractivity contribution in [1.82, 2.24) is 0 Å². The molecule has 0 bridgehead atoms. The van der Waals surface area contributed by atoms with Gasteiger partial charge in [0.05, 0.1) is 0 Å². The fourth-order valence-electron chi connectivity index (χ4n) is 4.88. The second-order valence-corrected chi connectivity index (χ2v) is 17.3. The van der Waals surface area contributed by atoms with Gasteiger partial charge in [-0.25, -0.2) is 9.13 Å². The third-order valence-electron chi connectivity index (χ3n) is 7.16. The number of rotatable bonds is 22. The molecular formula is C30H59NaO6P2S2. The van der Waals surface area contributed by atoms with Gasteiger partial charge in [-0.2, -0.15) is 0 Å². The van der Waals surface area contributed by atoms with Gasteiger partial charge < -0.3 is 19.6 Å². The van der Waals surface area contributed by atoms with Crippen molar-refractivity contribution in [3.8, 4) is 0 Å². The van der Waals surface area contributed by atoms with E-state index in [4.69, 9.17) is 19.6 Å². The maximum atomic E-state index is 9.19. The van der Waals surface area contributed by atoms with Crippen molar-refractivity contribution in [1.29, 1.82) is 0 Å². The van der Waals surface area contributed by atoms with Crippen molar-refractivity contribution in [2.45, 2.75) is 155 Å². The van der Waals surface area contributed by atoms with E-state index in [2.05, 4.69) is 56.5 Å². The Hall–Kier alpha value is 1.22. The number of thiol groups is 2. The van der Waals surface area contributed by atoms with Crippen molar-refractivity contribution in [2.75, 3.05) is 0 Å². The van der Waals surface area contributed by atoms with Gasteiger partial charge in [-0.1, -0.05) is 51.2 Å². The van der Waals surface area contributed by atoms with E-state index in [0.717, 1.165) is 0 Å². The van der Waals surface area contributed by atoms with Crippen molar-refractivity contribution in [3.05, 3.63) is 29.3 Å². The molecule has 0 fully saturated rings. The van der Waals surface area contributed by atoms with Crippen molar-refractivity contribution in [3.63, 3.8) is 0 Å². The molecule has 0 aliphatic heterocycles. The Bertz CT molecular complexity index is 741. The van der Waals surface area contributed by atoms with E-state index in [1.54, 1.807) is 13.9 Å². The molecule has 0 saturated carbocycles. The molecule has 1 aromatic carbocycles. The summed E-state index contributed by atoms with van der Waals surface area (Å²) in [7, 11) is 0. The van der Waals surface area contributed by atoms with Crippen LogP contribution < -0.4 is 2.81 Å². The van der Waals surface area contributed by atoms with Crippen molar-refractivity contribution >= 4 is 68.8 Å². The normalized spacial score (nSPS) is 11.5. The Morgan fingerprint density at radius 3 is 1.00 bits per heavy atom. The molecule has 0 aliphatic rings. The number of unbranched alkanes of at least 4 members (excludes halogenated alkanes) is 18. The van der Waals surface area contributed by atoms with Gasteiger partial charge in [0, 0.05) is 0 Å². The fraction of sp³-hybridized carbons (Fsp3) is 0.800. The smallest absolute Gasteiger partial charge is 0.317 e. The van der Waals surface area contributed by atoms with E-state index in [1.165, 1.54) is 169 Å². The number of benzene rings is 1. The zero-order valence-corrected chi connectivity index (χ0v) is 31.8. The van der Waals surface area contributed by atoms with Crippen molar-refractivity contribution < 1.29 is 28.7 Å². The summed E-state index contributed by atoms with van der Waals surface area (Å²) < 4.78 is 20.1. The van der Waals surface area contributed by atoms with Crippen LogP contribution in [0.1, 0.15) is 153 Å². The van der Waals surface area contributed by atoms with Crippen LogP contribution in [0.2, 0.25) is 0 Å². The van der Waals surface area contributed by atoms with Gasteiger partial charge in [0.15, 0.2) is 0 Å². The molecular weight excluding hydrogens is 605 g/mol. The summed E-state index contributed by atoms with van der Waals surface area (Å²) in [5, 5.41) is 0. The number of hydrogen-bond donors (Lipinski definition) is 6. The second-order valence-electron chi connectivity index (χ2n) is 11.1. The van der Waals surface area contributed by atoms with Crippen LogP contribution in [0.5, 0.6) is 0 Å². The first-order chi connectivity index (χ1) is 19.3. The maximum absolute atomic E-state index is 9.19. The molecule has 0 unspecified atom stereocenters. The summed E-state index contributed by atoms with van der Waals surface area (Å²) in [6.45, 7) is -3.28. The van der Waals surface area contributed by atoms with E-state index in [0.29, 0.717) is 0 Å². The summed E-state index contributed by atoms with van der Waals surface area (Å²) in [4.78, 5) is 30.0. The van der Waals surface area contributed by atoms with Crippen LogP contribution in [0.25, 0.3) is 0 Å². The van der Waals surface area contributed by atoms with Crippen LogP contribution in [-0.4, -0.2) is 47.5 Å². The van der Waals surface area contributed by atoms with E-state index in [-0.39, 0.29) is 0 Å². The number of hydrogen-bond acceptors (Lipinski definition) is 2. The number of aryl methyl sites for hydroxylation is 2. The minimum absolute atomic E-state index is 1.22. The molecule has 11 heteroatoms. The van der Waals surface area contributed by atoms with Crippen LogP contribution >= 0.6 is 38.1 Å². The Kier molecular flexibility index (Phi) is 32.3. The molecule has 0 aliphatic carbocycles. The molecule has 1 rings (SSSR count). The van der Waals surface area contributed by atoms with Gasteiger partial charge in [-0.15, -0.1) is 0 Å². The molecule has 6 nitrogen and oxygen atoms in total. The third kappa shape index (κ3) is 41.2. The van der Waals surface area contributed by atoms with Crippen LogP contribution in [0, 0.1) is 0 Å². The predicted octanol–water partition coefficient (Wildman–Crippen LogP) is 9.42. The Morgan fingerprint density at radius 2 is 0.756 bits per heavy atom.